The van der Waals surface area contributed by atoms with Crippen LogP contribution in [-0.4, -0.2) is 48.6 Å². The van der Waals surface area contributed by atoms with E-state index in [4.69, 9.17) is 4.74 Å². The Kier molecular flexibility index (Phi) is 6.27. The number of piperidine rings is 1. The second-order valence-electron chi connectivity index (χ2n) is 8.95. The molecule has 5 rings (SSSR count). The van der Waals surface area contributed by atoms with Crippen LogP contribution in [0.4, 0.5) is 0 Å². The molecule has 0 unspecified atom stereocenters. The number of carbonyl (C=O) groups excluding carboxylic acids is 1. The lowest BCUT2D eigenvalue weighted by atomic mass is 9.94. The van der Waals surface area contributed by atoms with Gasteiger partial charge in [0.15, 0.2) is 5.82 Å². The molecule has 8 nitrogen and oxygen atoms in total. The van der Waals surface area contributed by atoms with Gasteiger partial charge in [-0.05, 0) is 63.4 Å². The molecule has 35 heavy (non-hydrogen) atoms. The number of aryl methyl sites for hydroxylation is 3. The van der Waals surface area contributed by atoms with Gasteiger partial charge in [0.05, 0.1) is 11.3 Å². The summed E-state index contributed by atoms with van der Waals surface area (Å²) >= 11 is 0. The summed E-state index contributed by atoms with van der Waals surface area (Å²) < 4.78 is 7.93. The maximum Gasteiger partial charge on any atom is 0.255 e. The highest BCUT2D eigenvalue weighted by molar-refractivity contribution is 5.94. The number of amides is 1. The molecule has 0 aliphatic carbocycles. The van der Waals surface area contributed by atoms with E-state index in [1.54, 1.807) is 23.3 Å². The van der Waals surface area contributed by atoms with Gasteiger partial charge >= 0.3 is 0 Å². The van der Waals surface area contributed by atoms with Gasteiger partial charge in [-0.25, -0.2) is 14.6 Å². The van der Waals surface area contributed by atoms with E-state index in [2.05, 4.69) is 20.1 Å². The highest BCUT2D eigenvalue weighted by Crippen LogP contribution is 2.33. The van der Waals surface area contributed by atoms with E-state index in [0.717, 1.165) is 41.2 Å². The Bertz CT molecular complexity index is 1350. The number of likely N-dealkylation sites (tertiary alicyclic amines) is 1. The lowest BCUT2D eigenvalue weighted by molar-refractivity contribution is 0.0704. The Hall–Kier alpha value is -4.07. The highest BCUT2D eigenvalue weighted by atomic mass is 16.5. The van der Waals surface area contributed by atoms with Crippen molar-refractivity contribution in [3.63, 3.8) is 0 Å². The maximum absolute atomic E-state index is 13.3. The number of carbonyl (C=O) groups is 1. The number of ether oxygens (including phenoxy) is 1. The quantitative estimate of drug-likeness (QED) is 0.418. The molecule has 1 aliphatic rings. The van der Waals surface area contributed by atoms with Crippen LogP contribution >= 0.6 is 0 Å². The Balaban J connectivity index is 1.33. The minimum absolute atomic E-state index is 0.0348. The molecular formula is C27H28N6O2. The number of nitrogens with zero attached hydrogens (tertiary/aromatic N) is 6. The lowest BCUT2D eigenvalue weighted by Gasteiger charge is -2.32. The molecule has 1 atom stereocenters. The Morgan fingerprint density at radius 3 is 2.60 bits per heavy atom. The number of pyridine rings is 1. The predicted molar refractivity (Wildman–Crippen MR) is 132 cm³/mol. The van der Waals surface area contributed by atoms with Crippen molar-refractivity contribution < 1.29 is 9.53 Å². The van der Waals surface area contributed by atoms with Crippen LogP contribution in [0.15, 0.2) is 61.1 Å². The van der Waals surface area contributed by atoms with E-state index >= 15 is 0 Å². The van der Waals surface area contributed by atoms with E-state index in [0.29, 0.717) is 30.4 Å². The van der Waals surface area contributed by atoms with Crippen molar-refractivity contribution in [1.82, 2.24) is 29.6 Å². The molecule has 8 heteroatoms. The molecule has 1 aliphatic heterocycles. The third-order valence-electron chi connectivity index (χ3n) is 6.31. The molecule has 1 amide bonds. The second kappa shape index (κ2) is 9.66. The number of benzene rings is 1. The topological polar surface area (TPSA) is 86.0 Å². The zero-order valence-corrected chi connectivity index (χ0v) is 20.2. The van der Waals surface area contributed by atoms with Crippen molar-refractivity contribution in [2.75, 3.05) is 13.1 Å². The van der Waals surface area contributed by atoms with Gasteiger partial charge in [0.25, 0.3) is 5.91 Å². The molecule has 1 aromatic carbocycles. The van der Waals surface area contributed by atoms with Crippen LogP contribution in [0, 0.1) is 20.8 Å². The van der Waals surface area contributed by atoms with Crippen molar-refractivity contribution in [3.05, 3.63) is 89.3 Å². The SMILES string of the molecule is Cc1cc(C)n(-c2ccc(C(=O)N3CCC[C@@H](c4nccnc4Oc4ccccc4C)C3)cn2)n1. The normalized spacial score (nSPS) is 15.7. The zero-order chi connectivity index (χ0) is 24.4. The summed E-state index contributed by atoms with van der Waals surface area (Å²) in [6, 6.07) is 13.5. The van der Waals surface area contributed by atoms with Crippen molar-refractivity contribution in [1.29, 1.82) is 0 Å². The number of rotatable bonds is 5. The third kappa shape index (κ3) is 4.77. The first-order valence-electron chi connectivity index (χ1n) is 11.8. The second-order valence-corrected chi connectivity index (χ2v) is 8.95. The summed E-state index contributed by atoms with van der Waals surface area (Å²) in [5.41, 5.74) is 4.30. The Morgan fingerprint density at radius 1 is 1.03 bits per heavy atom. The summed E-state index contributed by atoms with van der Waals surface area (Å²) in [6.45, 7) is 7.19. The lowest BCUT2D eigenvalue weighted by Crippen LogP contribution is -2.39. The van der Waals surface area contributed by atoms with Crippen LogP contribution < -0.4 is 4.74 Å². The molecule has 4 aromatic rings. The van der Waals surface area contributed by atoms with E-state index in [-0.39, 0.29) is 11.8 Å². The summed E-state index contributed by atoms with van der Waals surface area (Å²) in [5.74, 6) is 1.96. The van der Waals surface area contributed by atoms with E-state index in [9.17, 15) is 4.79 Å². The van der Waals surface area contributed by atoms with E-state index in [1.165, 1.54) is 0 Å². The van der Waals surface area contributed by atoms with Gasteiger partial charge in [-0.15, -0.1) is 0 Å². The van der Waals surface area contributed by atoms with Crippen molar-refractivity contribution in [3.8, 4) is 17.4 Å². The van der Waals surface area contributed by atoms with Crippen LogP contribution in [0.5, 0.6) is 11.6 Å². The van der Waals surface area contributed by atoms with Gasteiger partial charge in [0.1, 0.15) is 11.4 Å². The van der Waals surface area contributed by atoms with Crippen molar-refractivity contribution >= 4 is 5.91 Å². The first kappa shape index (κ1) is 22.7. The molecule has 3 aromatic heterocycles. The molecule has 0 saturated carbocycles. The smallest absolute Gasteiger partial charge is 0.255 e. The first-order valence-corrected chi connectivity index (χ1v) is 11.8. The molecule has 0 bridgehead atoms. The minimum atomic E-state index is -0.0348. The van der Waals surface area contributed by atoms with Crippen LogP contribution in [0.1, 0.15) is 51.8 Å². The van der Waals surface area contributed by atoms with E-state index < -0.39 is 0 Å². The molecule has 0 spiro atoms. The number of hydrogen-bond donors (Lipinski definition) is 0. The van der Waals surface area contributed by atoms with E-state index in [1.807, 2.05) is 68.1 Å². The standard InChI is InChI=1S/C27H28N6O2/c1-18-7-4-5-9-23(18)35-26-25(28-12-13-29-26)22-8-6-14-32(17-22)27(34)21-10-11-24(30-16-21)33-20(3)15-19(2)31-33/h4-5,7,9-13,15-16,22H,6,8,14,17H2,1-3H3/t22-/m1/s1. The fraction of sp³-hybridized carbons (Fsp3) is 0.296. The van der Waals surface area contributed by atoms with Crippen LogP contribution in [0.3, 0.4) is 0 Å². The molecule has 1 saturated heterocycles. The fourth-order valence-corrected chi connectivity index (χ4v) is 4.54. The molecule has 0 radical (unpaired) electrons. The van der Waals surface area contributed by atoms with Crippen LogP contribution in [-0.2, 0) is 0 Å². The average Bonchev–Trinajstić information content (AvgIpc) is 3.23. The molecule has 4 heterocycles. The number of aromatic nitrogens is 5. The highest BCUT2D eigenvalue weighted by Gasteiger charge is 2.29. The van der Waals surface area contributed by atoms with Gasteiger partial charge in [-0.2, -0.15) is 5.10 Å². The number of hydrogen-bond acceptors (Lipinski definition) is 6. The molecular weight excluding hydrogens is 440 g/mol. The third-order valence-corrected chi connectivity index (χ3v) is 6.31. The average molecular weight is 469 g/mol. The van der Waals surface area contributed by atoms with Crippen molar-refractivity contribution in [2.24, 2.45) is 0 Å². The van der Waals surface area contributed by atoms with Crippen molar-refractivity contribution in [2.45, 2.75) is 39.5 Å². The largest absolute Gasteiger partial charge is 0.437 e. The van der Waals surface area contributed by atoms with Gasteiger partial charge < -0.3 is 9.64 Å². The zero-order valence-electron chi connectivity index (χ0n) is 20.2. The molecule has 1 fully saturated rings. The predicted octanol–water partition coefficient (Wildman–Crippen LogP) is 4.79. The Labute approximate surface area is 204 Å². The maximum atomic E-state index is 13.3. The monoisotopic (exact) mass is 468 g/mol. The van der Waals surface area contributed by atoms with Gasteiger partial charge in [0.2, 0.25) is 5.88 Å². The minimum Gasteiger partial charge on any atom is -0.437 e. The van der Waals surface area contributed by atoms with Gasteiger partial charge in [-0.3, -0.25) is 9.78 Å². The molecule has 178 valence electrons. The molecule has 0 N–H and O–H groups in total. The fourth-order valence-electron chi connectivity index (χ4n) is 4.54. The first-order chi connectivity index (χ1) is 17.0. The summed E-state index contributed by atoms with van der Waals surface area (Å²) in [7, 11) is 0. The van der Waals surface area contributed by atoms with Crippen LogP contribution in [0.2, 0.25) is 0 Å². The Morgan fingerprint density at radius 2 is 1.86 bits per heavy atom. The van der Waals surface area contributed by atoms with Crippen LogP contribution in [0.25, 0.3) is 5.82 Å². The number of para-hydroxylation sites is 1. The summed E-state index contributed by atoms with van der Waals surface area (Å²) in [5, 5.41) is 4.47. The van der Waals surface area contributed by atoms with Gasteiger partial charge in [-0.1, -0.05) is 18.2 Å². The van der Waals surface area contributed by atoms with Gasteiger partial charge in [0, 0.05) is 43.3 Å². The summed E-state index contributed by atoms with van der Waals surface area (Å²) in [6.07, 6.45) is 6.75. The summed E-state index contributed by atoms with van der Waals surface area (Å²) in [4.78, 5) is 28.7.